The van der Waals surface area contributed by atoms with E-state index in [1.165, 1.54) is 11.1 Å². The third-order valence-corrected chi connectivity index (χ3v) is 5.53. The van der Waals surface area contributed by atoms with Gasteiger partial charge in [-0.15, -0.1) is 37.2 Å². The number of pyridine rings is 2. The molecule has 2 aromatic heterocycles. The Morgan fingerprint density at radius 1 is 1.03 bits per heavy atom. The molecular formula is C25H31Cl3N4O2. The Kier molecular flexibility index (Phi) is 13.5. The van der Waals surface area contributed by atoms with Crippen molar-refractivity contribution in [3.05, 3.63) is 89.5 Å². The van der Waals surface area contributed by atoms with Crippen LogP contribution >= 0.6 is 37.2 Å². The number of halogens is 3. The highest BCUT2D eigenvalue weighted by Crippen LogP contribution is 2.21. The van der Waals surface area contributed by atoms with Crippen molar-refractivity contribution in [2.24, 2.45) is 0 Å². The normalized spacial score (nSPS) is 12.6. The first-order valence-electron chi connectivity index (χ1n) is 10.9. The SMILES string of the molecule is Cl.Cl.Cl.O=C1NCCc2cc(OCCCNC(CCc3cccnc3)c3ccncc3)ccc21. The van der Waals surface area contributed by atoms with Gasteiger partial charge in [0.05, 0.1) is 6.61 Å². The van der Waals surface area contributed by atoms with Gasteiger partial charge in [-0.2, -0.15) is 0 Å². The number of amides is 1. The van der Waals surface area contributed by atoms with Gasteiger partial charge in [-0.25, -0.2) is 0 Å². The van der Waals surface area contributed by atoms with Crippen molar-refractivity contribution >= 4 is 43.1 Å². The van der Waals surface area contributed by atoms with E-state index in [1.54, 1.807) is 6.20 Å². The topological polar surface area (TPSA) is 76.1 Å². The van der Waals surface area contributed by atoms with E-state index < -0.39 is 0 Å². The Bertz CT molecular complexity index is 994. The molecule has 34 heavy (non-hydrogen) atoms. The molecular weight excluding hydrogens is 495 g/mol. The van der Waals surface area contributed by atoms with E-state index >= 15 is 0 Å². The van der Waals surface area contributed by atoms with Crippen LogP contribution in [0.4, 0.5) is 0 Å². The molecule has 0 spiro atoms. The minimum Gasteiger partial charge on any atom is -0.494 e. The van der Waals surface area contributed by atoms with Gasteiger partial charge in [-0.05, 0) is 85.3 Å². The number of nitrogens with one attached hydrogen (secondary N) is 2. The molecule has 0 saturated carbocycles. The third kappa shape index (κ3) is 8.44. The van der Waals surface area contributed by atoms with Gasteiger partial charge >= 0.3 is 0 Å². The van der Waals surface area contributed by atoms with Crippen LogP contribution in [0.3, 0.4) is 0 Å². The summed E-state index contributed by atoms with van der Waals surface area (Å²) >= 11 is 0. The zero-order valence-corrected chi connectivity index (χ0v) is 21.3. The van der Waals surface area contributed by atoms with Crippen LogP contribution in [0, 0.1) is 0 Å². The van der Waals surface area contributed by atoms with Gasteiger partial charge in [-0.1, -0.05) is 6.07 Å². The number of hydrogen-bond donors (Lipinski definition) is 2. The van der Waals surface area contributed by atoms with Crippen molar-refractivity contribution in [1.82, 2.24) is 20.6 Å². The lowest BCUT2D eigenvalue weighted by Gasteiger charge is -2.20. The molecule has 9 heteroatoms. The lowest BCUT2D eigenvalue weighted by molar-refractivity contribution is 0.0946. The monoisotopic (exact) mass is 524 g/mol. The summed E-state index contributed by atoms with van der Waals surface area (Å²) < 4.78 is 5.93. The molecule has 6 nitrogen and oxygen atoms in total. The van der Waals surface area contributed by atoms with Crippen molar-refractivity contribution in [3.8, 4) is 5.75 Å². The first kappa shape index (κ1) is 29.7. The molecule has 4 rings (SSSR count). The maximum absolute atomic E-state index is 11.9. The second-order valence-corrected chi connectivity index (χ2v) is 7.71. The smallest absolute Gasteiger partial charge is 0.251 e. The van der Waals surface area contributed by atoms with Crippen LogP contribution in [0.2, 0.25) is 0 Å². The second kappa shape index (κ2) is 15.5. The minimum atomic E-state index is 0. The highest BCUT2D eigenvalue weighted by atomic mass is 35.5. The van der Waals surface area contributed by atoms with E-state index in [2.05, 4.69) is 38.8 Å². The molecule has 3 heterocycles. The van der Waals surface area contributed by atoms with Gasteiger partial charge in [0.25, 0.3) is 5.91 Å². The van der Waals surface area contributed by atoms with Crippen LogP contribution in [-0.4, -0.2) is 35.6 Å². The van der Waals surface area contributed by atoms with Crippen molar-refractivity contribution in [3.63, 3.8) is 0 Å². The summed E-state index contributed by atoms with van der Waals surface area (Å²) in [4.78, 5) is 20.2. The van der Waals surface area contributed by atoms with E-state index in [4.69, 9.17) is 4.74 Å². The van der Waals surface area contributed by atoms with Gasteiger partial charge in [-0.3, -0.25) is 14.8 Å². The fourth-order valence-corrected chi connectivity index (χ4v) is 3.87. The number of carbonyl (C=O) groups is 1. The number of carbonyl (C=O) groups excluding carboxylic acids is 1. The van der Waals surface area contributed by atoms with Crippen molar-refractivity contribution in [1.29, 1.82) is 0 Å². The van der Waals surface area contributed by atoms with Crippen LogP contribution in [0.15, 0.2) is 67.3 Å². The first-order chi connectivity index (χ1) is 15.3. The number of rotatable bonds is 10. The Balaban J connectivity index is 0.00000193. The third-order valence-electron chi connectivity index (χ3n) is 5.53. The minimum absolute atomic E-state index is 0. The summed E-state index contributed by atoms with van der Waals surface area (Å²) in [6.07, 6.45) is 11.1. The number of aryl methyl sites for hydroxylation is 1. The van der Waals surface area contributed by atoms with Crippen LogP contribution in [0.5, 0.6) is 5.75 Å². The predicted molar refractivity (Wildman–Crippen MR) is 142 cm³/mol. The van der Waals surface area contributed by atoms with Crippen LogP contribution < -0.4 is 15.4 Å². The lowest BCUT2D eigenvalue weighted by Crippen LogP contribution is -2.31. The zero-order valence-electron chi connectivity index (χ0n) is 18.8. The molecule has 0 radical (unpaired) electrons. The molecule has 1 aliphatic rings. The van der Waals surface area contributed by atoms with Crippen LogP contribution in [0.1, 0.15) is 45.9 Å². The Morgan fingerprint density at radius 3 is 2.62 bits per heavy atom. The van der Waals surface area contributed by atoms with Gasteiger partial charge in [0, 0.05) is 42.9 Å². The van der Waals surface area contributed by atoms with Gasteiger partial charge in [0.1, 0.15) is 5.75 Å². The summed E-state index contributed by atoms with van der Waals surface area (Å²) in [5, 5.41) is 6.53. The molecule has 1 aliphatic heterocycles. The molecule has 0 bridgehead atoms. The van der Waals surface area contributed by atoms with Crippen molar-refractivity contribution < 1.29 is 9.53 Å². The second-order valence-electron chi connectivity index (χ2n) is 7.71. The van der Waals surface area contributed by atoms with E-state index in [9.17, 15) is 4.79 Å². The van der Waals surface area contributed by atoms with Gasteiger partial charge < -0.3 is 15.4 Å². The van der Waals surface area contributed by atoms with Crippen molar-refractivity contribution in [2.75, 3.05) is 19.7 Å². The average molecular weight is 526 g/mol. The average Bonchev–Trinajstić information content (AvgIpc) is 2.82. The summed E-state index contributed by atoms with van der Waals surface area (Å²) in [6.45, 7) is 2.17. The number of nitrogens with zero attached hydrogens (tertiary/aromatic N) is 2. The zero-order chi connectivity index (χ0) is 21.3. The molecule has 1 aromatic carbocycles. The highest BCUT2D eigenvalue weighted by molar-refractivity contribution is 5.96. The molecule has 0 saturated heterocycles. The van der Waals surface area contributed by atoms with Crippen LogP contribution in [-0.2, 0) is 12.8 Å². The van der Waals surface area contributed by atoms with Gasteiger partial charge in [0.2, 0.25) is 0 Å². The number of aromatic nitrogens is 2. The molecule has 3 aromatic rings. The molecule has 1 atom stereocenters. The van der Waals surface area contributed by atoms with E-state index in [0.717, 1.165) is 49.1 Å². The standard InChI is InChI=1S/C25H28N4O2.3ClH/c30-25-23-6-5-22(17-21(23)10-15-29-25)31-16-2-12-28-24(20-8-13-26-14-9-20)7-4-19-3-1-11-27-18-19;;;/h1,3,5-6,8-9,11,13-14,17-18,24,28H,2,4,7,10,12,15-16H2,(H,29,30);3*1H. The Labute approximate surface area is 219 Å². The number of fused-ring (bicyclic) bond motifs is 1. The number of ether oxygens (including phenoxy) is 1. The summed E-state index contributed by atoms with van der Waals surface area (Å²) in [7, 11) is 0. The number of benzene rings is 1. The number of hydrogen-bond acceptors (Lipinski definition) is 5. The molecule has 0 aliphatic carbocycles. The summed E-state index contributed by atoms with van der Waals surface area (Å²) in [5.74, 6) is 0.834. The summed E-state index contributed by atoms with van der Waals surface area (Å²) in [5.41, 5.74) is 4.31. The molecule has 2 N–H and O–H groups in total. The molecule has 1 unspecified atom stereocenters. The lowest BCUT2D eigenvalue weighted by atomic mass is 10.0. The molecule has 184 valence electrons. The quantitative estimate of drug-likeness (QED) is 0.373. The van der Waals surface area contributed by atoms with Gasteiger partial charge in [0.15, 0.2) is 0 Å². The Morgan fingerprint density at radius 2 is 1.85 bits per heavy atom. The van der Waals surface area contributed by atoms with E-state index in [0.29, 0.717) is 13.2 Å². The van der Waals surface area contributed by atoms with E-state index in [-0.39, 0.29) is 49.2 Å². The molecule has 1 amide bonds. The summed E-state index contributed by atoms with van der Waals surface area (Å²) in [6, 6.07) is 14.2. The fourth-order valence-electron chi connectivity index (χ4n) is 3.87. The largest absolute Gasteiger partial charge is 0.494 e. The molecule has 0 fully saturated rings. The maximum Gasteiger partial charge on any atom is 0.251 e. The van der Waals surface area contributed by atoms with Crippen molar-refractivity contribution in [2.45, 2.75) is 31.7 Å². The van der Waals surface area contributed by atoms with Crippen LogP contribution in [0.25, 0.3) is 0 Å². The fraction of sp³-hybridized carbons (Fsp3) is 0.320. The van der Waals surface area contributed by atoms with E-state index in [1.807, 2.05) is 42.9 Å². The first-order valence-corrected chi connectivity index (χ1v) is 10.9. The maximum atomic E-state index is 11.9. The Hall–Kier alpha value is -2.38. The predicted octanol–water partition coefficient (Wildman–Crippen LogP) is 4.76. The highest BCUT2D eigenvalue weighted by Gasteiger charge is 2.16.